The van der Waals surface area contributed by atoms with Crippen LogP contribution in [0.4, 0.5) is 17.1 Å². The summed E-state index contributed by atoms with van der Waals surface area (Å²) < 4.78 is 17.9. The minimum atomic E-state index is 0.592. The van der Waals surface area contributed by atoms with Gasteiger partial charge in [-0.25, -0.2) is 4.98 Å². The first-order valence-corrected chi connectivity index (χ1v) is 19.2. The Bertz CT molecular complexity index is 3450. The molecule has 0 unspecified atom stereocenters. The number of anilines is 3. The van der Waals surface area contributed by atoms with Crippen molar-refractivity contribution in [3.63, 3.8) is 0 Å². The van der Waals surface area contributed by atoms with Gasteiger partial charge in [0, 0.05) is 64.6 Å². The number of para-hydroxylation sites is 2. The molecule has 0 saturated heterocycles. The highest BCUT2D eigenvalue weighted by molar-refractivity contribution is 7.25. The lowest BCUT2D eigenvalue weighted by molar-refractivity contribution is 0.622. The first-order valence-electron chi connectivity index (χ1n) is 18.4. The molecular formula is C49H29N3O2S. The van der Waals surface area contributed by atoms with E-state index in [9.17, 15) is 0 Å². The second-order valence-electron chi connectivity index (χ2n) is 14.0. The van der Waals surface area contributed by atoms with E-state index >= 15 is 0 Å². The van der Waals surface area contributed by atoms with Crippen LogP contribution in [0.5, 0.6) is 0 Å². The smallest absolute Gasteiger partial charge is 0.227 e. The van der Waals surface area contributed by atoms with E-state index in [0.717, 1.165) is 66.9 Å². The molecule has 8 aromatic carbocycles. The Hall–Kier alpha value is -7.15. The van der Waals surface area contributed by atoms with Crippen molar-refractivity contribution in [2.75, 3.05) is 4.90 Å². The van der Waals surface area contributed by atoms with Crippen LogP contribution in [0.3, 0.4) is 0 Å². The quantitative estimate of drug-likeness (QED) is 0.177. The van der Waals surface area contributed by atoms with Crippen LogP contribution in [0.1, 0.15) is 0 Å². The van der Waals surface area contributed by atoms with Crippen molar-refractivity contribution in [1.29, 1.82) is 0 Å². The zero-order chi connectivity index (χ0) is 36.0. The van der Waals surface area contributed by atoms with Gasteiger partial charge in [-0.15, -0.1) is 11.3 Å². The molecule has 12 aromatic rings. The number of oxazole rings is 1. The van der Waals surface area contributed by atoms with Crippen molar-refractivity contribution >= 4 is 103 Å². The fourth-order valence-electron chi connectivity index (χ4n) is 8.33. The standard InChI is InChI=1S/C49H29N3O2S/c1-3-11-30(12-4-1)49-50-40-23-26-44-47(48(40)54-49)39-28-33(21-25-43(39)53-44)51(34-19-22-37-36-16-8-10-18-45(36)55-46(37)29-34)32-20-24-42-38(27-32)35-15-7-9-17-41(35)52(42)31-13-5-2-6-14-31/h1-29H. The van der Waals surface area contributed by atoms with Gasteiger partial charge in [-0.3, -0.25) is 0 Å². The molecule has 0 aliphatic carbocycles. The molecule has 55 heavy (non-hydrogen) atoms. The molecule has 0 bridgehead atoms. The number of hydrogen-bond donors (Lipinski definition) is 0. The normalized spacial score (nSPS) is 12.0. The van der Waals surface area contributed by atoms with Gasteiger partial charge in [-0.2, -0.15) is 0 Å². The highest BCUT2D eigenvalue weighted by Crippen LogP contribution is 2.45. The number of furan rings is 1. The van der Waals surface area contributed by atoms with Gasteiger partial charge in [0.15, 0.2) is 5.58 Å². The van der Waals surface area contributed by atoms with Crippen LogP contribution in [0, 0.1) is 0 Å². The summed E-state index contributed by atoms with van der Waals surface area (Å²) in [5, 5.41) is 6.85. The first kappa shape index (κ1) is 30.3. The van der Waals surface area contributed by atoms with Gasteiger partial charge in [-0.05, 0) is 97.1 Å². The number of benzene rings is 8. The first-order chi connectivity index (χ1) is 27.2. The van der Waals surface area contributed by atoms with Crippen molar-refractivity contribution in [2.45, 2.75) is 0 Å². The molecule has 4 aromatic heterocycles. The number of fused-ring (bicyclic) bond motifs is 11. The summed E-state index contributed by atoms with van der Waals surface area (Å²) >= 11 is 1.83. The Morgan fingerprint density at radius 1 is 0.473 bits per heavy atom. The molecule has 258 valence electrons. The van der Waals surface area contributed by atoms with Crippen molar-refractivity contribution in [1.82, 2.24) is 9.55 Å². The fraction of sp³-hybridized carbons (Fsp3) is 0. The molecule has 6 heteroatoms. The number of nitrogens with zero attached hydrogens (tertiary/aromatic N) is 3. The van der Waals surface area contributed by atoms with Gasteiger partial charge in [-0.1, -0.05) is 78.9 Å². The molecule has 5 nitrogen and oxygen atoms in total. The van der Waals surface area contributed by atoms with Gasteiger partial charge >= 0.3 is 0 Å². The number of rotatable bonds is 5. The predicted octanol–water partition coefficient (Wildman–Crippen LogP) is 14.3. The van der Waals surface area contributed by atoms with E-state index in [4.69, 9.17) is 13.8 Å². The molecule has 0 atom stereocenters. The minimum Gasteiger partial charge on any atom is -0.456 e. The molecule has 4 heterocycles. The van der Waals surface area contributed by atoms with E-state index in [2.05, 4.69) is 143 Å². The summed E-state index contributed by atoms with van der Waals surface area (Å²) in [6.45, 7) is 0. The van der Waals surface area contributed by atoms with Crippen molar-refractivity contribution in [3.05, 3.63) is 176 Å². The van der Waals surface area contributed by atoms with Crippen molar-refractivity contribution < 1.29 is 8.83 Å². The number of thiophene rings is 1. The summed E-state index contributed by atoms with van der Waals surface area (Å²) in [7, 11) is 0. The SMILES string of the molecule is c1ccc(-c2nc3ccc4oc5ccc(N(c6ccc7c(c6)sc6ccccc67)c6ccc7c(c6)c6ccccc6n7-c6ccccc6)cc5c4c3o2)cc1. The third kappa shape index (κ3) is 4.62. The molecule has 0 amide bonds. The molecule has 0 aliphatic heterocycles. The zero-order valence-corrected chi connectivity index (χ0v) is 30.1. The summed E-state index contributed by atoms with van der Waals surface area (Å²) in [6.07, 6.45) is 0. The van der Waals surface area contributed by atoms with Crippen LogP contribution in [-0.2, 0) is 0 Å². The average Bonchev–Trinajstić information content (AvgIpc) is 4.01. The molecule has 0 saturated carbocycles. The lowest BCUT2D eigenvalue weighted by Crippen LogP contribution is -2.09. The van der Waals surface area contributed by atoms with E-state index in [0.29, 0.717) is 5.89 Å². The Morgan fingerprint density at radius 2 is 1.13 bits per heavy atom. The maximum Gasteiger partial charge on any atom is 0.227 e. The zero-order valence-electron chi connectivity index (χ0n) is 29.3. The summed E-state index contributed by atoms with van der Waals surface area (Å²) in [6, 6.07) is 62.1. The lowest BCUT2D eigenvalue weighted by Gasteiger charge is -2.26. The van der Waals surface area contributed by atoms with Crippen LogP contribution >= 0.6 is 11.3 Å². The van der Waals surface area contributed by atoms with Crippen LogP contribution in [0.25, 0.3) is 92.2 Å². The molecule has 0 N–H and O–H groups in total. The molecule has 0 fully saturated rings. The topological polar surface area (TPSA) is 47.3 Å². The van der Waals surface area contributed by atoms with Gasteiger partial charge in [0.25, 0.3) is 0 Å². The minimum absolute atomic E-state index is 0.592. The Morgan fingerprint density at radius 3 is 2.00 bits per heavy atom. The van der Waals surface area contributed by atoms with E-state index in [1.807, 2.05) is 53.8 Å². The third-order valence-electron chi connectivity index (χ3n) is 10.8. The maximum absolute atomic E-state index is 6.52. The van der Waals surface area contributed by atoms with Gasteiger partial charge < -0.3 is 18.3 Å². The molecule has 0 radical (unpaired) electrons. The number of aromatic nitrogens is 2. The highest BCUT2D eigenvalue weighted by atomic mass is 32.1. The van der Waals surface area contributed by atoms with Crippen molar-refractivity contribution in [3.8, 4) is 17.1 Å². The Kier molecular flexibility index (Phi) is 6.44. The second-order valence-corrected chi connectivity index (χ2v) is 15.0. The largest absolute Gasteiger partial charge is 0.456 e. The molecule has 0 spiro atoms. The lowest BCUT2D eigenvalue weighted by atomic mass is 10.1. The second kappa shape index (κ2) is 11.7. The van der Waals surface area contributed by atoms with E-state index in [-0.39, 0.29) is 0 Å². The predicted molar refractivity (Wildman–Crippen MR) is 229 cm³/mol. The maximum atomic E-state index is 6.52. The summed E-state index contributed by atoms with van der Waals surface area (Å²) in [4.78, 5) is 7.24. The van der Waals surface area contributed by atoms with E-state index in [1.165, 1.54) is 36.5 Å². The Balaban J connectivity index is 1.10. The third-order valence-corrected chi connectivity index (χ3v) is 11.9. The Labute approximate surface area is 318 Å². The van der Waals surface area contributed by atoms with Crippen molar-refractivity contribution in [2.24, 2.45) is 0 Å². The highest BCUT2D eigenvalue weighted by Gasteiger charge is 2.22. The summed E-state index contributed by atoms with van der Waals surface area (Å²) in [5.74, 6) is 0.592. The van der Waals surface area contributed by atoms with Gasteiger partial charge in [0.1, 0.15) is 16.7 Å². The molecular weight excluding hydrogens is 695 g/mol. The van der Waals surface area contributed by atoms with Crippen LogP contribution < -0.4 is 4.90 Å². The van der Waals surface area contributed by atoms with Gasteiger partial charge in [0.2, 0.25) is 5.89 Å². The fourth-order valence-corrected chi connectivity index (χ4v) is 9.47. The summed E-state index contributed by atoms with van der Waals surface area (Å²) in [5.41, 5.74) is 10.7. The number of hydrogen-bond acceptors (Lipinski definition) is 5. The average molecular weight is 724 g/mol. The molecule has 0 aliphatic rings. The monoisotopic (exact) mass is 723 g/mol. The molecule has 12 rings (SSSR count). The van der Waals surface area contributed by atoms with E-state index in [1.54, 1.807) is 0 Å². The van der Waals surface area contributed by atoms with Gasteiger partial charge in [0.05, 0.1) is 16.4 Å². The van der Waals surface area contributed by atoms with E-state index < -0.39 is 0 Å². The van der Waals surface area contributed by atoms with Crippen LogP contribution in [-0.4, -0.2) is 9.55 Å². The van der Waals surface area contributed by atoms with Crippen LogP contribution in [0.2, 0.25) is 0 Å². The van der Waals surface area contributed by atoms with Crippen LogP contribution in [0.15, 0.2) is 185 Å².